The second kappa shape index (κ2) is 3.88. The average molecular weight is 246 g/mol. The van der Waals surface area contributed by atoms with Crippen molar-refractivity contribution in [2.75, 3.05) is 0 Å². The number of rotatable bonds is 1. The molecule has 0 aliphatic rings. The highest BCUT2D eigenvalue weighted by Gasteiger charge is 2.08. The summed E-state index contributed by atoms with van der Waals surface area (Å²) in [7, 11) is 0. The van der Waals surface area contributed by atoms with Crippen molar-refractivity contribution in [3.05, 3.63) is 60.9 Å². The van der Waals surface area contributed by atoms with Crippen LogP contribution in [0, 0.1) is 0 Å². The SMILES string of the molecule is c1ccc(-c2nc3c4ccccc4ncn3n2)cc1. The largest absolute Gasteiger partial charge is 0.236 e. The second-order valence-corrected chi connectivity index (χ2v) is 4.33. The summed E-state index contributed by atoms with van der Waals surface area (Å²) >= 11 is 0. The second-order valence-electron chi connectivity index (χ2n) is 4.33. The van der Waals surface area contributed by atoms with Gasteiger partial charge in [0.25, 0.3) is 0 Å². The lowest BCUT2D eigenvalue weighted by Gasteiger charge is -1.96. The molecule has 0 fully saturated rings. The number of hydrogen-bond donors (Lipinski definition) is 0. The number of aromatic nitrogens is 4. The van der Waals surface area contributed by atoms with Crippen LogP contribution in [0.5, 0.6) is 0 Å². The smallest absolute Gasteiger partial charge is 0.182 e. The number of para-hydroxylation sites is 1. The Morgan fingerprint density at radius 2 is 1.63 bits per heavy atom. The molecule has 0 bridgehead atoms. The monoisotopic (exact) mass is 246 g/mol. The third-order valence-electron chi connectivity index (χ3n) is 3.11. The molecule has 2 aromatic heterocycles. The molecular weight excluding hydrogens is 236 g/mol. The van der Waals surface area contributed by atoms with Crippen molar-refractivity contribution in [1.82, 2.24) is 19.6 Å². The van der Waals surface area contributed by atoms with Gasteiger partial charge < -0.3 is 0 Å². The van der Waals surface area contributed by atoms with Crippen molar-refractivity contribution in [3.63, 3.8) is 0 Å². The minimum absolute atomic E-state index is 0.721. The van der Waals surface area contributed by atoms with Crippen LogP contribution in [-0.2, 0) is 0 Å². The Balaban J connectivity index is 2.04. The van der Waals surface area contributed by atoms with E-state index >= 15 is 0 Å². The molecule has 0 amide bonds. The molecule has 4 nitrogen and oxygen atoms in total. The third kappa shape index (κ3) is 1.57. The first-order valence-electron chi connectivity index (χ1n) is 6.07. The fourth-order valence-corrected chi connectivity index (χ4v) is 2.19. The van der Waals surface area contributed by atoms with Crippen LogP contribution in [0.4, 0.5) is 0 Å². The first kappa shape index (κ1) is 10.2. The molecule has 0 aliphatic heterocycles. The highest BCUT2D eigenvalue weighted by atomic mass is 15.3. The van der Waals surface area contributed by atoms with Gasteiger partial charge in [0.05, 0.1) is 5.52 Å². The molecule has 2 heterocycles. The van der Waals surface area contributed by atoms with Crippen molar-refractivity contribution in [2.24, 2.45) is 0 Å². The average Bonchev–Trinajstić information content (AvgIpc) is 2.93. The molecule has 90 valence electrons. The van der Waals surface area contributed by atoms with E-state index in [0.717, 1.165) is 27.9 Å². The van der Waals surface area contributed by atoms with Crippen molar-refractivity contribution in [3.8, 4) is 11.4 Å². The molecule has 0 radical (unpaired) electrons. The number of fused-ring (bicyclic) bond motifs is 3. The molecule has 2 aromatic carbocycles. The van der Waals surface area contributed by atoms with Gasteiger partial charge >= 0.3 is 0 Å². The summed E-state index contributed by atoms with van der Waals surface area (Å²) in [4.78, 5) is 9.00. The fourth-order valence-electron chi connectivity index (χ4n) is 2.19. The van der Waals surface area contributed by atoms with Gasteiger partial charge in [-0.1, -0.05) is 42.5 Å². The summed E-state index contributed by atoms with van der Waals surface area (Å²) in [6, 6.07) is 17.9. The molecular formula is C15H10N4. The standard InChI is InChI=1S/C15H10N4/c1-2-6-11(7-3-1)14-17-15-12-8-4-5-9-13(12)16-10-19(15)18-14/h1-10H. The van der Waals surface area contributed by atoms with Gasteiger partial charge in [0.15, 0.2) is 11.5 Å². The number of nitrogens with zero attached hydrogens (tertiary/aromatic N) is 4. The van der Waals surface area contributed by atoms with Crippen LogP contribution in [0.25, 0.3) is 27.9 Å². The van der Waals surface area contributed by atoms with Crippen LogP contribution in [0.1, 0.15) is 0 Å². The van der Waals surface area contributed by atoms with E-state index in [-0.39, 0.29) is 0 Å². The Hall–Kier alpha value is -2.75. The highest BCUT2D eigenvalue weighted by Crippen LogP contribution is 2.20. The molecule has 0 aliphatic carbocycles. The van der Waals surface area contributed by atoms with Crippen molar-refractivity contribution >= 4 is 16.6 Å². The topological polar surface area (TPSA) is 43.1 Å². The lowest BCUT2D eigenvalue weighted by Crippen LogP contribution is -1.90. The maximum Gasteiger partial charge on any atom is 0.182 e. The van der Waals surface area contributed by atoms with Gasteiger partial charge in [-0.2, -0.15) is 0 Å². The lowest BCUT2D eigenvalue weighted by atomic mass is 10.2. The Morgan fingerprint density at radius 3 is 2.53 bits per heavy atom. The van der Waals surface area contributed by atoms with E-state index in [9.17, 15) is 0 Å². The van der Waals surface area contributed by atoms with Gasteiger partial charge in [-0.15, -0.1) is 5.10 Å². The molecule has 0 spiro atoms. The van der Waals surface area contributed by atoms with Gasteiger partial charge in [0.2, 0.25) is 0 Å². The minimum atomic E-state index is 0.721. The van der Waals surface area contributed by atoms with E-state index in [4.69, 9.17) is 0 Å². The predicted molar refractivity (Wildman–Crippen MR) is 73.7 cm³/mol. The van der Waals surface area contributed by atoms with Crippen LogP contribution in [-0.4, -0.2) is 19.6 Å². The van der Waals surface area contributed by atoms with E-state index in [1.165, 1.54) is 0 Å². The first-order chi connectivity index (χ1) is 9.42. The van der Waals surface area contributed by atoms with Crippen molar-refractivity contribution in [2.45, 2.75) is 0 Å². The maximum atomic E-state index is 4.62. The van der Waals surface area contributed by atoms with Crippen molar-refractivity contribution in [1.29, 1.82) is 0 Å². The van der Waals surface area contributed by atoms with Gasteiger partial charge in [0.1, 0.15) is 6.33 Å². The Morgan fingerprint density at radius 1 is 0.842 bits per heavy atom. The molecule has 0 atom stereocenters. The molecule has 0 saturated heterocycles. The Labute approximate surface area is 109 Å². The maximum absolute atomic E-state index is 4.62. The van der Waals surface area contributed by atoms with E-state index in [1.807, 2.05) is 54.6 Å². The predicted octanol–water partition coefficient (Wildman–Crippen LogP) is 2.94. The summed E-state index contributed by atoms with van der Waals surface area (Å²) in [5, 5.41) is 5.49. The van der Waals surface area contributed by atoms with Crippen LogP contribution < -0.4 is 0 Å². The molecule has 0 saturated carbocycles. The van der Waals surface area contributed by atoms with E-state index in [1.54, 1.807) is 10.8 Å². The van der Waals surface area contributed by atoms with Crippen LogP contribution in [0.2, 0.25) is 0 Å². The lowest BCUT2D eigenvalue weighted by molar-refractivity contribution is 0.938. The first-order valence-corrected chi connectivity index (χ1v) is 6.07. The number of hydrogen-bond acceptors (Lipinski definition) is 3. The zero-order valence-electron chi connectivity index (χ0n) is 10.1. The summed E-state index contributed by atoms with van der Waals surface area (Å²) in [6.07, 6.45) is 1.71. The fraction of sp³-hybridized carbons (Fsp3) is 0. The Bertz CT molecular complexity index is 865. The number of benzene rings is 2. The molecule has 4 heteroatoms. The quantitative estimate of drug-likeness (QED) is 0.518. The van der Waals surface area contributed by atoms with Crippen LogP contribution in [0.3, 0.4) is 0 Å². The van der Waals surface area contributed by atoms with Gasteiger partial charge in [-0.25, -0.2) is 14.5 Å². The van der Waals surface area contributed by atoms with Crippen LogP contribution in [0.15, 0.2) is 60.9 Å². The zero-order chi connectivity index (χ0) is 12.7. The normalized spacial score (nSPS) is 11.2. The third-order valence-corrected chi connectivity index (χ3v) is 3.11. The summed E-state index contributed by atoms with van der Waals surface area (Å²) in [6.45, 7) is 0. The van der Waals surface area contributed by atoms with E-state index in [0.29, 0.717) is 0 Å². The van der Waals surface area contributed by atoms with Crippen molar-refractivity contribution < 1.29 is 0 Å². The zero-order valence-corrected chi connectivity index (χ0v) is 10.1. The molecule has 4 rings (SSSR count). The molecule has 0 N–H and O–H groups in total. The summed E-state index contributed by atoms with van der Waals surface area (Å²) < 4.78 is 1.73. The van der Waals surface area contributed by atoms with Crippen LogP contribution >= 0.6 is 0 Å². The van der Waals surface area contributed by atoms with Gasteiger partial charge in [-0.05, 0) is 12.1 Å². The highest BCUT2D eigenvalue weighted by molar-refractivity contribution is 5.91. The summed E-state index contributed by atoms with van der Waals surface area (Å²) in [5.41, 5.74) is 2.78. The summed E-state index contributed by atoms with van der Waals surface area (Å²) in [5.74, 6) is 0.721. The minimum Gasteiger partial charge on any atom is -0.236 e. The molecule has 0 unspecified atom stereocenters. The van der Waals surface area contributed by atoms with Gasteiger partial charge in [-0.3, -0.25) is 0 Å². The molecule has 4 aromatic rings. The van der Waals surface area contributed by atoms with E-state index in [2.05, 4.69) is 15.1 Å². The Kier molecular flexibility index (Phi) is 2.08. The molecule has 19 heavy (non-hydrogen) atoms. The van der Waals surface area contributed by atoms with Gasteiger partial charge in [0, 0.05) is 10.9 Å². The van der Waals surface area contributed by atoms with E-state index < -0.39 is 0 Å².